The number of piperidine rings is 1. The smallest absolute Gasteiger partial charge is 0.227 e. The van der Waals surface area contributed by atoms with Crippen LogP contribution >= 0.6 is 0 Å². The minimum absolute atomic E-state index is 0.103. The van der Waals surface area contributed by atoms with Crippen molar-refractivity contribution >= 4 is 11.8 Å². The normalized spacial score (nSPS) is 21.0. The molecular weight excluding hydrogens is 356 g/mol. The van der Waals surface area contributed by atoms with E-state index >= 15 is 0 Å². The van der Waals surface area contributed by atoms with Crippen molar-refractivity contribution in [2.75, 3.05) is 53.0 Å². The van der Waals surface area contributed by atoms with Gasteiger partial charge in [0.2, 0.25) is 11.8 Å². The molecule has 0 bridgehead atoms. The number of carbonyl (C=O) groups excluding carboxylic acids is 2. The highest BCUT2D eigenvalue weighted by Crippen LogP contribution is 2.21. The van der Waals surface area contributed by atoms with Crippen LogP contribution in [0, 0.1) is 12.8 Å². The second-order valence-corrected chi connectivity index (χ2v) is 7.88. The first-order chi connectivity index (χ1) is 13.5. The number of aromatic nitrogens is 1. The molecule has 7 nitrogen and oxygen atoms in total. The van der Waals surface area contributed by atoms with Crippen LogP contribution in [0.1, 0.15) is 30.4 Å². The van der Waals surface area contributed by atoms with Crippen LogP contribution in [0.2, 0.25) is 0 Å². The Kier molecular flexibility index (Phi) is 7.39. The van der Waals surface area contributed by atoms with Gasteiger partial charge in [-0.05, 0) is 37.0 Å². The van der Waals surface area contributed by atoms with Crippen LogP contribution in [0.5, 0.6) is 0 Å². The zero-order valence-electron chi connectivity index (χ0n) is 17.1. The number of hydrogen-bond donors (Lipinski definition) is 0. The highest BCUT2D eigenvalue weighted by Gasteiger charge is 2.31. The molecule has 0 N–H and O–H groups in total. The van der Waals surface area contributed by atoms with E-state index in [4.69, 9.17) is 4.74 Å². The van der Waals surface area contributed by atoms with Crippen molar-refractivity contribution in [3.8, 4) is 0 Å². The Morgan fingerprint density at radius 2 is 2.11 bits per heavy atom. The van der Waals surface area contributed by atoms with Crippen LogP contribution in [-0.4, -0.2) is 84.5 Å². The second-order valence-electron chi connectivity index (χ2n) is 7.88. The third kappa shape index (κ3) is 5.52. The molecule has 3 rings (SSSR count). The Morgan fingerprint density at radius 3 is 2.86 bits per heavy atom. The summed E-state index contributed by atoms with van der Waals surface area (Å²) in [5.41, 5.74) is 2.20. The van der Waals surface area contributed by atoms with Crippen molar-refractivity contribution in [2.45, 2.75) is 32.7 Å². The van der Waals surface area contributed by atoms with Crippen LogP contribution < -0.4 is 0 Å². The Labute approximate surface area is 167 Å². The number of aryl methyl sites for hydroxylation is 1. The van der Waals surface area contributed by atoms with E-state index < -0.39 is 0 Å². The van der Waals surface area contributed by atoms with Crippen molar-refractivity contribution in [3.05, 3.63) is 29.6 Å². The van der Waals surface area contributed by atoms with Gasteiger partial charge in [-0.15, -0.1) is 0 Å². The average molecular weight is 389 g/mol. The first-order valence-electron chi connectivity index (χ1n) is 10.3. The quantitative estimate of drug-likeness (QED) is 0.705. The maximum atomic E-state index is 12.9. The van der Waals surface area contributed by atoms with Crippen molar-refractivity contribution < 1.29 is 14.3 Å². The second kappa shape index (κ2) is 9.98. The van der Waals surface area contributed by atoms with Gasteiger partial charge in [0.25, 0.3) is 0 Å². The number of pyridine rings is 1. The van der Waals surface area contributed by atoms with Crippen molar-refractivity contribution in [3.63, 3.8) is 0 Å². The Balaban J connectivity index is 1.48. The molecule has 0 aromatic carbocycles. The molecule has 0 saturated carbocycles. The van der Waals surface area contributed by atoms with E-state index in [0.29, 0.717) is 25.9 Å². The maximum absolute atomic E-state index is 12.9. The van der Waals surface area contributed by atoms with Crippen molar-refractivity contribution in [2.24, 2.45) is 5.92 Å². The topological polar surface area (TPSA) is 66.0 Å². The Morgan fingerprint density at radius 1 is 1.32 bits per heavy atom. The van der Waals surface area contributed by atoms with E-state index in [-0.39, 0.29) is 17.7 Å². The van der Waals surface area contributed by atoms with Gasteiger partial charge in [-0.25, -0.2) is 0 Å². The standard InChI is InChI=1S/C21H32N4O3/c1-17-14-22-7-6-18(17)15-23(2)21(27)19-4-5-20(26)25(16-19)9-3-8-24-10-12-28-13-11-24/h6-7,14,19H,3-5,8-13,15-16H2,1-2H3/t19-/m0/s1. The fourth-order valence-corrected chi connectivity index (χ4v) is 3.97. The summed E-state index contributed by atoms with van der Waals surface area (Å²) in [7, 11) is 1.85. The lowest BCUT2D eigenvalue weighted by molar-refractivity contribution is -0.142. The zero-order valence-corrected chi connectivity index (χ0v) is 17.1. The number of likely N-dealkylation sites (tertiary alicyclic amines) is 1. The average Bonchev–Trinajstić information content (AvgIpc) is 2.71. The molecule has 1 atom stereocenters. The third-order valence-electron chi connectivity index (χ3n) is 5.78. The summed E-state index contributed by atoms with van der Waals surface area (Å²) in [6.07, 6.45) is 5.64. The number of carbonyl (C=O) groups is 2. The molecule has 1 aromatic rings. The predicted molar refractivity (Wildman–Crippen MR) is 107 cm³/mol. The molecule has 2 saturated heterocycles. The van der Waals surface area contributed by atoms with Gasteiger partial charge in [0.15, 0.2) is 0 Å². The lowest BCUT2D eigenvalue weighted by Crippen LogP contribution is -2.47. The van der Waals surface area contributed by atoms with Crippen molar-refractivity contribution in [1.82, 2.24) is 19.7 Å². The lowest BCUT2D eigenvalue weighted by atomic mass is 9.95. The predicted octanol–water partition coefficient (Wildman–Crippen LogP) is 1.31. The van der Waals surface area contributed by atoms with Gasteiger partial charge in [0.1, 0.15) is 0 Å². The van der Waals surface area contributed by atoms with E-state index in [0.717, 1.165) is 56.9 Å². The number of nitrogens with zero attached hydrogens (tertiary/aromatic N) is 4. The monoisotopic (exact) mass is 388 g/mol. The molecular formula is C21H32N4O3. The minimum atomic E-state index is -0.103. The molecule has 0 radical (unpaired) electrons. The van der Waals surface area contributed by atoms with Gasteiger partial charge in [0.05, 0.1) is 19.1 Å². The summed E-state index contributed by atoms with van der Waals surface area (Å²) in [4.78, 5) is 35.4. The number of hydrogen-bond acceptors (Lipinski definition) is 5. The molecule has 0 unspecified atom stereocenters. The molecule has 154 valence electrons. The first kappa shape index (κ1) is 20.7. The molecule has 1 aromatic heterocycles. The zero-order chi connectivity index (χ0) is 19.9. The first-order valence-corrected chi connectivity index (χ1v) is 10.3. The highest BCUT2D eigenvalue weighted by atomic mass is 16.5. The molecule has 2 aliphatic heterocycles. The third-order valence-corrected chi connectivity index (χ3v) is 5.78. The minimum Gasteiger partial charge on any atom is -0.379 e. The number of ether oxygens (including phenoxy) is 1. The molecule has 7 heteroatoms. The maximum Gasteiger partial charge on any atom is 0.227 e. The molecule has 3 heterocycles. The summed E-state index contributed by atoms with van der Waals surface area (Å²) in [5, 5.41) is 0. The number of amides is 2. The van der Waals surface area contributed by atoms with Crippen LogP contribution in [0.3, 0.4) is 0 Å². The Hall–Kier alpha value is -1.99. The van der Waals surface area contributed by atoms with E-state index in [1.54, 1.807) is 11.1 Å². The van der Waals surface area contributed by atoms with Gasteiger partial charge in [-0.2, -0.15) is 0 Å². The molecule has 2 aliphatic rings. The number of rotatable bonds is 7. The van der Waals surface area contributed by atoms with E-state index in [9.17, 15) is 9.59 Å². The molecule has 0 aliphatic carbocycles. The lowest BCUT2D eigenvalue weighted by Gasteiger charge is -2.34. The highest BCUT2D eigenvalue weighted by molar-refractivity contribution is 5.83. The van der Waals surface area contributed by atoms with Crippen LogP contribution in [0.15, 0.2) is 18.5 Å². The SMILES string of the molecule is Cc1cnccc1CN(C)C(=O)[C@H]1CCC(=O)N(CCCN2CCOCC2)C1. The summed E-state index contributed by atoms with van der Waals surface area (Å²) < 4.78 is 5.37. The molecule has 2 amide bonds. The van der Waals surface area contributed by atoms with Gasteiger partial charge in [-0.1, -0.05) is 0 Å². The van der Waals surface area contributed by atoms with Gasteiger partial charge in [-0.3, -0.25) is 19.5 Å². The van der Waals surface area contributed by atoms with Gasteiger partial charge in [0, 0.05) is 65.1 Å². The summed E-state index contributed by atoms with van der Waals surface area (Å²) >= 11 is 0. The van der Waals surface area contributed by atoms with Crippen LogP contribution in [0.25, 0.3) is 0 Å². The molecule has 28 heavy (non-hydrogen) atoms. The van der Waals surface area contributed by atoms with E-state index in [1.165, 1.54) is 0 Å². The fourth-order valence-electron chi connectivity index (χ4n) is 3.97. The Bertz CT molecular complexity index is 675. The largest absolute Gasteiger partial charge is 0.379 e. The number of morpholine rings is 1. The summed E-state index contributed by atoms with van der Waals surface area (Å²) in [6, 6.07) is 1.96. The molecule has 0 spiro atoms. The molecule has 2 fully saturated rings. The van der Waals surface area contributed by atoms with Crippen molar-refractivity contribution in [1.29, 1.82) is 0 Å². The van der Waals surface area contributed by atoms with Crippen LogP contribution in [-0.2, 0) is 20.9 Å². The fraction of sp³-hybridized carbons (Fsp3) is 0.667. The van der Waals surface area contributed by atoms with E-state index in [1.807, 2.05) is 31.1 Å². The van der Waals surface area contributed by atoms with E-state index in [2.05, 4.69) is 9.88 Å². The summed E-state index contributed by atoms with van der Waals surface area (Å²) in [6.45, 7) is 8.36. The summed E-state index contributed by atoms with van der Waals surface area (Å²) in [5.74, 6) is 0.203. The van der Waals surface area contributed by atoms with Gasteiger partial charge < -0.3 is 14.5 Å². The van der Waals surface area contributed by atoms with Gasteiger partial charge >= 0.3 is 0 Å². The van der Waals surface area contributed by atoms with Crippen LogP contribution in [0.4, 0.5) is 0 Å².